The van der Waals surface area contributed by atoms with Gasteiger partial charge in [0.2, 0.25) is 0 Å². The highest BCUT2D eigenvalue weighted by molar-refractivity contribution is 7.97. The molecule has 0 spiro atoms. The van der Waals surface area contributed by atoms with Gasteiger partial charge in [-0.05, 0) is 6.26 Å². The van der Waals surface area contributed by atoms with E-state index in [1.54, 1.807) is 6.26 Å². The number of thioether (sulfide) groups is 1. The van der Waals surface area contributed by atoms with E-state index in [-0.39, 0.29) is 11.3 Å². The van der Waals surface area contributed by atoms with Crippen molar-refractivity contribution in [3.05, 3.63) is 35.1 Å². The average molecular weight is 192 g/mol. The van der Waals surface area contributed by atoms with Crippen LogP contribution in [0.15, 0.2) is 12.1 Å². The zero-order valence-corrected chi connectivity index (χ0v) is 7.22. The fraction of sp³-hybridized carbons (Fsp3) is 0.250. The Morgan fingerprint density at radius 1 is 1.17 bits per heavy atom. The van der Waals surface area contributed by atoms with Crippen LogP contribution in [0.4, 0.5) is 13.2 Å². The normalized spacial score (nSPS) is 10.3. The van der Waals surface area contributed by atoms with Gasteiger partial charge in [0.25, 0.3) is 0 Å². The standard InChI is InChI=1S/C8H7F3S/c1-12-4-6-7(10)2-5(9)3-8(6)11/h2-3H,4H2,1H3. The van der Waals surface area contributed by atoms with Gasteiger partial charge in [-0.2, -0.15) is 11.8 Å². The van der Waals surface area contributed by atoms with Crippen molar-refractivity contribution in [2.75, 3.05) is 6.26 Å². The monoisotopic (exact) mass is 192 g/mol. The summed E-state index contributed by atoms with van der Waals surface area (Å²) < 4.78 is 38.0. The van der Waals surface area contributed by atoms with Crippen LogP contribution in [-0.2, 0) is 5.75 Å². The van der Waals surface area contributed by atoms with Gasteiger partial charge in [-0.25, -0.2) is 13.2 Å². The number of benzene rings is 1. The number of halogens is 3. The van der Waals surface area contributed by atoms with Gasteiger partial charge in [-0.1, -0.05) is 0 Å². The second kappa shape index (κ2) is 3.85. The molecule has 0 aliphatic heterocycles. The SMILES string of the molecule is CSCc1c(F)cc(F)cc1F. The molecule has 1 aromatic carbocycles. The van der Waals surface area contributed by atoms with E-state index in [1.165, 1.54) is 11.8 Å². The molecular formula is C8H7F3S. The fourth-order valence-electron chi connectivity index (χ4n) is 0.854. The van der Waals surface area contributed by atoms with E-state index < -0.39 is 17.5 Å². The summed E-state index contributed by atoms with van der Waals surface area (Å²) in [4.78, 5) is 0. The third-order valence-corrected chi connectivity index (χ3v) is 1.97. The first-order valence-corrected chi connectivity index (χ1v) is 4.67. The predicted molar refractivity (Wildman–Crippen MR) is 43.5 cm³/mol. The summed E-state index contributed by atoms with van der Waals surface area (Å²) in [6.07, 6.45) is 1.72. The number of hydrogen-bond acceptors (Lipinski definition) is 1. The first-order valence-electron chi connectivity index (χ1n) is 3.27. The lowest BCUT2D eigenvalue weighted by Gasteiger charge is -2.02. The van der Waals surface area contributed by atoms with Gasteiger partial charge in [0.1, 0.15) is 17.5 Å². The first kappa shape index (κ1) is 9.45. The first-order chi connectivity index (χ1) is 5.65. The Hall–Kier alpha value is -0.640. The van der Waals surface area contributed by atoms with Crippen molar-refractivity contribution in [3.63, 3.8) is 0 Å². The molecule has 0 bridgehead atoms. The average Bonchev–Trinajstić information content (AvgIpc) is 1.96. The summed E-state index contributed by atoms with van der Waals surface area (Å²) in [5.41, 5.74) is -0.0658. The van der Waals surface area contributed by atoms with Crippen LogP contribution < -0.4 is 0 Å². The van der Waals surface area contributed by atoms with Crippen LogP contribution in [0.5, 0.6) is 0 Å². The molecule has 0 aliphatic carbocycles. The van der Waals surface area contributed by atoms with Gasteiger partial charge in [0, 0.05) is 23.4 Å². The zero-order chi connectivity index (χ0) is 9.14. The van der Waals surface area contributed by atoms with Crippen molar-refractivity contribution < 1.29 is 13.2 Å². The molecule has 0 aromatic heterocycles. The Labute approximate surface area is 72.8 Å². The molecule has 0 radical (unpaired) electrons. The van der Waals surface area contributed by atoms with Gasteiger partial charge in [0.05, 0.1) is 0 Å². The number of rotatable bonds is 2. The van der Waals surface area contributed by atoms with Crippen molar-refractivity contribution in [2.45, 2.75) is 5.75 Å². The lowest BCUT2D eigenvalue weighted by Crippen LogP contribution is -1.94. The summed E-state index contributed by atoms with van der Waals surface area (Å²) in [5, 5.41) is 0. The maximum atomic E-state index is 12.8. The van der Waals surface area contributed by atoms with Gasteiger partial charge in [-0.15, -0.1) is 0 Å². The van der Waals surface area contributed by atoms with E-state index in [0.717, 1.165) is 0 Å². The number of hydrogen-bond donors (Lipinski definition) is 0. The second-order valence-electron chi connectivity index (χ2n) is 2.28. The molecule has 0 nitrogen and oxygen atoms in total. The molecule has 66 valence electrons. The molecule has 0 N–H and O–H groups in total. The maximum absolute atomic E-state index is 12.8. The molecule has 1 rings (SSSR count). The summed E-state index contributed by atoms with van der Waals surface area (Å²) >= 11 is 1.29. The van der Waals surface area contributed by atoms with E-state index in [0.29, 0.717) is 12.1 Å². The fourth-order valence-corrected chi connectivity index (χ4v) is 1.42. The molecule has 0 saturated heterocycles. The van der Waals surface area contributed by atoms with Crippen LogP contribution in [0, 0.1) is 17.5 Å². The highest BCUT2D eigenvalue weighted by atomic mass is 32.2. The molecule has 0 amide bonds. The molecule has 4 heteroatoms. The Morgan fingerprint density at radius 3 is 2.08 bits per heavy atom. The minimum absolute atomic E-state index is 0.0658. The minimum atomic E-state index is -0.880. The Morgan fingerprint density at radius 2 is 1.67 bits per heavy atom. The van der Waals surface area contributed by atoms with E-state index in [2.05, 4.69) is 0 Å². The van der Waals surface area contributed by atoms with Gasteiger partial charge >= 0.3 is 0 Å². The van der Waals surface area contributed by atoms with Crippen LogP contribution in [0.25, 0.3) is 0 Å². The summed E-state index contributed by atoms with van der Waals surface area (Å²) in [5.74, 6) is -2.30. The molecular weight excluding hydrogens is 185 g/mol. The van der Waals surface area contributed by atoms with Crippen LogP contribution in [0.3, 0.4) is 0 Å². The quantitative estimate of drug-likeness (QED) is 0.694. The summed E-state index contributed by atoms with van der Waals surface area (Å²) in [6, 6.07) is 1.38. The largest absolute Gasteiger partial charge is 0.207 e. The molecule has 0 unspecified atom stereocenters. The highest BCUT2D eigenvalue weighted by Crippen LogP contribution is 2.18. The third kappa shape index (κ3) is 1.94. The summed E-state index contributed by atoms with van der Waals surface area (Å²) in [7, 11) is 0. The van der Waals surface area contributed by atoms with Crippen molar-refractivity contribution in [2.24, 2.45) is 0 Å². The second-order valence-corrected chi connectivity index (χ2v) is 3.15. The van der Waals surface area contributed by atoms with Gasteiger partial charge in [0.15, 0.2) is 0 Å². The minimum Gasteiger partial charge on any atom is -0.207 e. The third-order valence-electron chi connectivity index (χ3n) is 1.39. The van der Waals surface area contributed by atoms with Crippen LogP contribution in [0.1, 0.15) is 5.56 Å². The molecule has 1 aromatic rings. The Kier molecular flexibility index (Phi) is 3.03. The lowest BCUT2D eigenvalue weighted by molar-refractivity contribution is 0.531. The Bertz CT molecular complexity index is 263. The molecule has 0 saturated carbocycles. The molecule has 0 aliphatic rings. The van der Waals surface area contributed by atoms with E-state index in [9.17, 15) is 13.2 Å². The summed E-state index contributed by atoms with van der Waals surface area (Å²) in [6.45, 7) is 0. The lowest BCUT2D eigenvalue weighted by atomic mass is 10.2. The predicted octanol–water partition coefficient (Wildman–Crippen LogP) is 2.97. The molecule has 0 heterocycles. The smallest absolute Gasteiger partial charge is 0.133 e. The van der Waals surface area contributed by atoms with Crippen LogP contribution in [-0.4, -0.2) is 6.26 Å². The zero-order valence-electron chi connectivity index (χ0n) is 6.40. The molecule has 0 fully saturated rings. The van der Waals surface area contributed by atoms with Crippen LogP contribution >= 0.6 is 11.8 Å². The van der Waals surface area contributed by atoms with E-state index in [1.807, 2.05) is 0 Å². The highest BCUT2D eigenvalue weighted by Gasteiger charge is 2.09. The van der Waals surface area contributed by atoms with E-state index >= 15 is 0 Å². The van der Waals surface area contributed by atoms with Crippen molar-refractivity contribution in [1.82, 2.24) is 0 Å². The van der Waals surface area contributed by atoms with Gasteiger partial charge < -0.3 is 0 Å². The van der Waals surface area contributed by atoms with Crippen molar-refractivity contribution in [3.8, 4) is 0 Å². The van der Waals surface area contributed by atoms with E-state index in [4.69, 9.17) is 0 Å². The Balaban J connectivity index is 3.10. The van der Waals surface area contributed by atoms with Crippen molar-refractivity contribution in [1.29, 1.82) is 0 Å². The maximum Gasteiger partial charge on any atom is 0.133 e. The van der Waals surface area contributed by atoms with Crippen molar-refractivity contribution >= 4 is 11.8 Å². The molecule has 0 atom stereocenters. The van der Waals surface area contributed by atoms with Gasteiger partial charge in [-0.3, -0.25) is 0 Å². The molecule has 12 heavy (non-hydrogen) atoms. The topological polar surface area (TPSA) is 0 Å². The van der Waals surface area contributed by atoms with Crippen LogP contribution in [0.2, 0.25) is 0 Å².